The van der Waals surface area contributed by atoms with Crippen LogP contribution in [0.2, 0.25) is 0 Å². The van der Waals surface area contributed by atoms with E-state index in [0.29, 0.717) is 5.54 Å². The third-order valence-electron chi connectivity index (χ3n) is 4.14. The van der Waals surface area contributed by atoms with E-state index in [-0.39, 0.29) is 0 Å². The molecule has 1 rings (SSSR count). The summed E-state index contributed by atoms with van der Waals surface area (Å²) in [5, 5.41) is 3.72. The quantitative estimate of drug-likeness (QED) is 0.765. The van der Waals surface area contributed by atoms with Gasteiger partial charge >= 0.3 is 0 Å². The number of nitrogens with one attached hydrogen (secondary N) is 1. The van der Waals surface area contributed by atoms with Crippen LogP contribution in [0.4, 0.5) is 0 Å². The predicted molar refractivity (Wildman–Crippen MR) is 75.5 cm³/mol. The van der Waals surface area contributed by atoms with Crippen molar-refractivity contribution in [2.45, 2.75) is 51.6 Å². The molecule has 1 fully saturated rings. The third-order valence-corrected chi connectivity index (χ3v) is 4.14. The van der Waals surface area contributed by atoms with Crippen molar-refractivity contribution in [2.24, 2.45) is 0 Å². The van der Waals surface area contributed by atoms with Crippen LogP contribution in [0.25, 0.3) is 0 Å². The van der Waals surface area contributed by atoms with Gasteiger partial charge in [0.15, 0.2) is 0 Å². The highest BCUT2D eigenvalue weighted by molar-refractivity contribution is 4.93. The zero-order chi connectivity index (χ0) is 12.9. The Kier molecular flexibility index (Phi) is 5.90. The van der Waals surface area contributed by atoms with Gasteiger partial charge in [0.05, 0.1) is 0 Å². The molecule has 0 spiro atoms. The Hall–Kier alpha value is -0.120. The maximum Gasteiger partial charge on any atom is 0.0278 e. The average molecular weight is 241 g/mol. The lowest BCUT2D eigenvalue weighted by atomic mass is 9.92. The lowest BCUT2D eigenvalue weighted by Crippen LogP contribution is -2.62. The molecular weight excluding hydrogens is 210 g/mol. The van der Waals surface area contributed by atoms with Gasteiger partial charge in [0, 0.05) is 24.7 Å². The fourth-order valence-corrected chi connectivity index (χ4v) is 2.62. The first-order valence-electron chi connectivity index (χ1n) is 7.14. The molecule has 102 valence electrons. The van der Waals surface area contributed by atoms with E-state index in [1.807, 2.05) is 0 Å². The normalized spacial score (nSPS) is 31.1. The molecule has 0 bridgehead atoms. The number of rotatable bonds is 6. The lowest BCUT2D eigenvalue weighted by Gasteiger charge is -2.46. The van der Waals surface area contributed by atoms with E-state index in [2.05, 4.69) is 50.0 Å². The molecule has 17 heavy (non-hydrogen) atoms. The Morgan fingerprint density at radius 2 is 2.06 bits per heavy atom. The highest BCUT2D eigenvalue weighted by Gasteiger charge is 2.33. The fraction of sp³-hybridized carbons (Fsp3) is 1.00. The molecule has 1 N–H and O–H groups in total. The largest absolute Gasteiger partial charge is 0.309 e. The smallest absolute Gasteiger partial charge is 0.0278 e. The van der Waals surface area contributed by atoms with E-state index in [0.717, 1.165) is 12.6 Å². The maximum atomic E-state index is 3.72. The molecule has 0 aliphatic carbocycles. The zero-order valence-corrected chi connectivity index (χ0v) is 12.4. The lowest BCUT2D eigenvalue weighted by molar-refractivity contribution is 0.0791. The van der Waals surface area contributed by atoms with E-state index < -0.39 is 0 Å². The van der Waals surface area contributed by atoms with E-state index in [9.17, 15) is 0 Å². The summed E-state index contributed by atoms with van der Waals surface area (Å²) >= 11 is 0. The van der Waals surface area contributed by atoms with Crippen LogP contribution in [0.1, 0.15) is 40.0 Å². The molecule has 0 aromatic rings. The van der Waals surface area contributed by atoms with Crippen molar-refractivity contribution in [2.75, 3.05) is 40.3 Å². The van der Waals surface area contributed by atoms with E-state index >= 15 is 0 Å². The van der Waals surface area contributed by atoms with E-state index in [1.54, 1.807) is 0 Å². The van der Waals surface area contributed by atoms with Crippen LogP contribution in [0, 0.1) is 0 Å². The fourth-order valence-electron chi connectivity index (χ4n) is 2.62. The van der Waals surface area contributed by atoms with Crippen molar-refractivity contribution in [1.29, 1.82) is 0 Å². The van der Waals surface area contributed by atoms with Gasteiger partial charge in [-0.05, 0) is 53.4 Å². The molecule has 3 heteroatoms. The van der Waals surface area contributed by atoms with Crippen LogP contribution >= 0.6 is 0 Å². The van der Waals surface area contributed by atoms with Gasteiger partial charge in [-0.1, -0.05) is 13.8 Å². The van der Waals surface area contributed by atoms with Crippen LogP contribution in [0.3, 0.4) is 0 Å². The summed E-state index contributed by atoms with van der Waals surface area (Å²) in [5.41, 5.74) is 0.323. The Labute approximate surface area is 108 Å². The van der Waals surface area contributed by atoms with Crippen molar-refractivity contribution in [1.82, 2.24) is 15.1 Å². The number of hydrogen-bond acceptors (Lipinski definition) is 3. The highest BCUT2D eigenvalue weighted by Crippen LogP contribution is 2.20. The first-order chi connectivity index (χ1) is 8.00. The summed E-state index contributed by atoms with van der Waals surface area (Å²) in [6, 6.07) is 0.733. The number of hydrogen-bond donors (Lipinski definition) is 1. The highest BCUT2D eigenvalue weighted by atomic mass is 15.2. The van der Waals surface area contributed by atoms with Crippen molar-refractivity contribution >= 4 is 0 Å². The number of nitrogens with zero attached hydrogens (tertiary/aromatic N) is 2. The minimum atomic E-state index is 0.323. The Morgan fingerprint density at radius 3 is 2.59 bits per heavy atom. The second-order valence-electron chi connectivity index (χ2n) is 5.98. The molecule has 0 aromatic carbocycles. The van der Waals surface area contributed by atoms with Crippen molar-refractivity contribution < 1.29 is 0 Å². The first-order valence-corrected chi connectivity index (χ1v) is 7.14. The van der Waals surface area contributed by atoms with Gasteiger partial charge in [-0.2, -0.15) is 0 Å². The van der Waals surface area contributed by atoms with Gasteiger partial charge in [-0.25, -0.2) is 0 Å². The summed E-state index contributed by atoms with van der Waals surface area (Å²) < 4.78 is 0. The van der Waals surface area contributed by atoms with Crippen LogP contribution in [0.15, 0.2) is 0 Å². The van der Waals surface area contributed by atoms with Gasteiger partial charge in [-0.15, -0.1) is 0 Å². The second-order valence-corrected chi connectivity index (χ2v) is 5.98. The summed E-state index contributed by atoms with van der Waals surface area (Å²) in [6.45, 7) is 11.8. The summed E-state index contributed by atoms with van der Waals surface area (Å²) in [6.07, 6.45) is 3.76. The third kappa shape index (κ3) is 4.57. The van der Waals surface area contributed by atoms with Crippen molar-refractivity contribution in [3.05, 3.63) is 0 Å². The van der Waals surface area contributed by atoms with E-state index in [1.165, 1.54) is 38.9 Å². The minimum Gasteiger partial charge on any atom is -0.309 e. The molecular formula is C14H31N3. The molecule has 0 amide bonds. The summed E-state index contributed by atoms with van der Waals surface area (Å²) in [4.78, 5) is 4.98. The van der Waals surface area contributed by atoms with Crippen LogP contribution < -0.4 is 5.32 Å². The molecule has 1 saturated heterocycles. The Bertz CT molecular complexity index is 218. The molecule has 2 unspecified atom stereocenters. The van der Waals surface area contributed by atoms with E-state index in [4.69, 9.17) is 0 Å². The molecule has 0 saturated carbocycles. The maximum absolute atomic E-state index is 3.72. The first kappa shape index (κ1) is 14.9. The Morgan fingerprint density at radius 1 is 1.35 bits per heavy atom. The van der Waals surface area contributed by atoms with Gasteiger partial charge in [0.25, 0.3) is 0 Å². The zero-order valence-electron chi connectivity index (χ0n) is 12.4. The average Bonchev–Trinajstić information content (AvgIpc) is 2.29. The standard InChI is InChI=1S/C14H31N3/c1-6-13-11-15-14(3,7-2)12-17(13)10-8-9-16(4)5/h13,15H,6-12H2,1-5H3. The Balaban J connectivity index is 2.46. The van der Waals surface area contributed by atoms with Gasteiger partial charge in [0.2, 0.25) is 0 Å². The predicted octanol–water partition coefficient (Wildman–Crippen LogP) is 1.79. The minimum absolute atomic E-state index is 0.323. The molecule has 2 atom stereocenters. The molecule has 0 radical (unpaired) electrons. The van der Waals surface area contributed by atoms with Gasteiger partial charge in [-0.3, -0.25) is 4.90 Å². The van der Waals surface area contributed by atoms with Crippen molar-refractivity contribution in [3.63, 3.8) is 0 Å². The number of piperazine rings is 1. The van der Waals surface area contributed by atoms with Crippen LogP contribution in [0.5, 0.6) is 0 Å². The van der Waals surface area contributed by atoms with Gasteiger partial charge < -0.3 is 10.2 Å². The van der Waals surface area contributed by atoms with Crippen LogP contribution in [-0.4, -0.2) is 61.7 Å². The van der Waals surface area contributed by atoms with Crippen molar-refractivity contribution in [3.8, 4) is 0 Å². The molecule has 1 aliphatic rings. The SMILES string of the molecule is CCC1CNC(C)(CC)CN1CCCN(C)C. The molecule has 0 aromatic heterocycles. The summed E-state index contributed by atoms with van der Waals surface area (Å²) in [5.74, 6) is 0. The molecule has 3 nitrogen and oxygen atoms in total. The van der Waals surface area contributed by atoms with Crippen LogP contribution in [-0.2, 0) is 0 Å². The molecule has 1 aliphatic heterocycles. The topological polar surface area (TPSA) is 18.5 Å². The monoisotopic (exact) mass is 241 g/mol. The molecule has 1 heterocycles. The summed E-state index contributed by atoms with van der Waals surface area (Å²) in [7, 11) is 4.32. The second kappa shape index (κ2) is 6.72. The van der Waals surface area contributed by atoms with Gasteiger partial charge in [0.1, 0.15) is 0 Å².